The largest absolute Gasteiger partial charge is 0.319 e. The number of nitrogens with one attached hydrogen (secondary N) is 2. The van der Waals surface area contributed by atoms with Crippen LogP contribution in [0.3, 0.4) is 0 Å². The van der Waals surface area contributed by atoms with Crippen LogP contribution in [-0.2, 0) is 10.0 Å². The minimum Gasteiger partial charge on any atom is -0.319 e. The number of carbonyl (C=O) groups excluding carboxylic acids is 1. The first kappa shape index (κ1) is 16.9. The minimum absolute atomic E-state index is 0.00591. The average Bonchev–Trinajstić information content (AvgIpc) is 3.35. The highest BCUT2D eigenvalue weighted by Crippen LogP contribution is 2.24. The first-order chi connectivity index (χ1) is 11.4. The smallest absolute Gasteiger partial charge is 0.255 e. The van der Waals surface area contributed by atoms with Crippen LogP contribution in [0.1, 0.15) is 23.2 Å². The second-order valence-corrected chi connectivity index (χ2v) is 7.60. The van der Waals surface area contributed by atoms with Crippen LogP contribution in [0.5, 0.6) is 0 Å². The lowest BCUT2D eigenvalue weighted by Gasteiger charge is -2.09. The Balaban J connectivity index is 1.83. The molecule has 0 radical (unpaired) electrons. The van der Waals surface area contributed by atoms with Gasteiger partial charge in [0.1, 0.15) is 0 Å². The molecule has 3 rings (SSSR count). The van der Waals surface area contributed by atoms with Gasteiger partial charge < -0.3 is 5.32 Å². The van der Waals surface area contributed by atoms with Crippen molar-refractivity contribution in [1.29, 1.82) is 0 Å². The molecule has 2 aromatic carbocycles. The molecule has 0 saturated heterocycles. The van der Waals surface area contributed by atoms with E-state index in [0.29, 0.717) is 0 Å². The van der Waals surface area contributed by atoms with E-state index in [0.717, 1.165) is 12.8 Å². The lowest BCUT2D eigenvalue weighted by molar-refractivity contribution is 0.102. The molecule has 0 heterocycles. The molecule has 0 bridgehead atoms. The lowest BCUT2D eigenvalue weighted by atomic mass is 10.2. The van der Waals surface area contributed by atoms with Gasteiger partial charge in [-0.25, -0.2) is 17.5 Å². The van der Waals surface area contributed by atoms with Crippen molar-refractivity contribution in [1.82, 2.24) is 4.72 Å². The number of rotatable bonds is 5. The Morgan fingerprint density at radius 3 is 2.58 bits per heavy atom. The van der Waals surface area contributed by atoms with Crippen LogP contribution in [0.4, 0.5) is 10.1 Å². The molecular formula is C16H14ClFN2O3S. The van der Waals surface area contributed by atoms with Crippen molar-refractivity contribution in [3.8, 4) is 0 Å². The first-order valence-electron chi connectivity index (χ1n) is 7.24. The van der Waals surface area contributed by atoms with Gasteiger partial charge in [-0.1, -0.05) is 23.7 Å². The summed E-state index contributed by atoms with van der Waals surface area (Å²) in [6.45, 7) is 0. The number of benzene rings is 2. The quantitative estimate of drug-likeness (QED) is 0.851. The van der Waals surface area contributed by atoms with Crippen molar-refractivity contribution in [3.63, 3.8) is 0 Å². The summed E-state index contributed by atoms with van der Waals surface area (Å²) in [5.41, 5.74) is 0.0323. The predicted octanol–water partition coefficient (Wildman–Crippen LogP) is 3.17. The van der Waals surface area contributed by atoms with Crippen LogP contribution in [0, 0.1) is 5.82 Å². The zero-order valence-electron chi connectivity index (χ0n) is 12.4. The molecule has 1 saturated carbocycles. The number of carbonyl (C=O) groups is 1. The van der Waals surface area contributed by atoms with Gasteiger partial charge in [0, 0.05) is 11.6 Å². The van der Waals surface area contributed by atoms with Gasteiger partial charge in [-0.3, -0.25) is 4.79 Å². The maximum absolute atomic E-state index is 13.8. The van der Waals surface area contributed by atoms with Crippen LogP contribution in [0.15, 0.2) is 47.4 Å². The third-order valence-electron chi connectivity index (χ3n) is 3.51. The lowest BCUT2D eigenvalue weighted by Crippen LogP contribution is -2.26. The highest BCUT2D eigenvalue weighted by atomic mass is 35.5. The van der Waals surface area contributed by atoms with Crippen molar-refractivity contribution in [2.24, 2.45) is 0 Å². The Bertz CT molecular complexity index is 898. The van der Waals surface area contributed by atoms with E-state index in [1.807, 2.05) is 0 Å². The summed E-state index contributed by atoms with van der Waals surface area (Å²) < 4.78 is 40.8. The Morgan fingerprint density at radius 2 is 1.88 bits per heavy atom. The number of amides is 1. The highest BCUT2D eigenvalue weighted by Gasteiger charge is 2.28. The Labute approximate surface area is 143 Å². The van der Waals surface area contributed by atoms with E-state index in [4.69, 9.17) is 11.6 Å². The van der Waals surface area contributed by atoms with Crippen molar-refractivity contribution in [3.05, 3.63) is 58.9 Å². The maximum Gasteiger partial charge on any atom is 0.255 e. The third-order valence-corrected chi connectivity index (χ3v) is 5.32. The second-order valence-electron chi connectivity index (χ2n) is 5.48. The van der Waals surface area contributed by atoms with Gasteiger partial charge >= 0.3 is 0 Å². The SMILES string of the molecule is O=C(Nc1cccc(Cl)c1F)c1cccc(S(=O)(=O)NC2CC2)c1. The molecule has 0 spiro atoms. The van der Waals surface area contributed by atoms with Crippen LogP contribution < -0.4 is 10.0 Å². The normalized spacial score (nSPS) is 14.4. The van der Waals surface area contributed by atoms with Crippen molar-refractivity contribution in [2.45, 2.75) is 23.8 Å². The summed E-state index contributed by atoms with van der Waals surface area (Å²) in [6, 6.07) is 9.77. The van der Waals surface area contributed by atoms with E-state index in [1.54, 1.807) is 0 Å². The van der Waals surface area contributed by atoms with E-state index in [1.165, 1.54) is 42.5 Å². The zero-order valence-corrected chi connectivity index (χ0v) is 14.0. The first-order valence-corrected chi connectivity index (χ1v) is 9.11. The summed E-state index contributed by atoms with van der Waals surface area (Å²) in [6.07, 6.45) is 1.63. The molecule has 8 heteroatoms. The Kier molecular flexibility index (Phi) is 4.58. The molecule has 1 amide bonds. The fourth-order valence-corrected chi connectivity index (χ4v) is 3.61. The third kappa shape index (κ3) is 3.75. The van der Waals surface area contributed by atoms with Crippen LogP contribution >= 0.6 is 11.6 Å². The molecule has 0 unspecified atom stereocenters. The molecule has 24 heavy (non-hydrogen) atoms. The van der Waals surface area contributed by atoms with Gasteiger partial charge in [-0.05, 0) is 43.2 Å². The fraction of sp³-hybridized carbons (Fsp3) is 0.188. The van der Waals surface area contributed by atoms with Crippen LogP contribution in [-0.4, -0.2) is 20.4 Å². The molecule has 0 aromatic heterocycles. The molecule has 1 aliphatic rings. The predicted molar refractivity (Wildman–Crippen MR) is 89.1 cm³/mol. The van der Waals surface area contributed by atoms with Crippen LogP contribution in [0.2, 0.25) is 5.02 Å². The number of hydrogen-bond donors (Lipinski definition) is 2. The summed E-state index contributed by atoms with van der Waals surface area (Å²) in [7, 11) is -3.67. The molecule has 1 fully saturated rings. The van der Waals surface area contributed by atoms with Gasteiger partial charge in [0.2, 0.25) is 10.0 Å². The minimum atomic E-state index is -3.67. The van der Waals surface area contributed by atoms with Crippen molar-refractivity contribution in [2.75, 3.05) is 5.32 Å². The maximum atomic E-state index is 13.8. The number of sulfonamides is 1. The van der Waals surface area contributed by atoms with E-state index in [2.05, 4.69) is 10.0 Å². The van der Waals surface area contributed by atoms with Gasteiger partial charge in [0.25, 0.3) is 5.91 Å². The molecular weight excluding hydrogens is 355 g/mol. The molecule has 0 atom stereocenters. The monoisotopic (exact) mass is 368 g/mol. The van der Waals surface area contributed by atoms with Gasteiger partial charge in [0.15, 0.2) is 5.82 Å². The second kappa shape index (κ2) is 6.51. The van der Waals surface area contributed by atoms with Crippen molar-refractivity contribution < 1.29 is 17.6 Å². The molecule has 1 aliphatic carbocycles. The van der Waals surface area contributed by atoms with Crippen molar-refractivity contribution >= 4 is 33.2 Å². The van der Waals surface area contributed by atoms with E-state index in [9.17, 15) is 17.6 Å². The summed E-state index contributed by atoms with van der Waals surface area (Å²) in [5, 5.41) is 2.27. The standard InChI is InChI=1S/C16H14ClFN2O3S/c17-13-5-2-6-14(15(13)18)19-16(21)10-3-1-4-12(9-10)24(22,23)20-11-7-8-11/h1-6,9,11,20H,7-8H2,(H,19,21). The average molecular weight is 369 g/mol. The number of anilines is 1. The van der Waals surface area contributed by atoms with Gasteiger partial charge in [-0.15, -0.1) is 0 Å². The Morgan fingerprint density at radius 1 is 1.17 bits per heavy atom. The van der Waals surface area contributed by atoms with E-state index < -0.39 is 21.7 Å². The van der Waals surface area contributed by atoms with Gasteiger partial charge in [-0.2, -0.15) is 0 Å². The van der Waals surface area contributed by atoms with Crippen LogP contribution in [0.25, 0.3) is 0 Å². The number of halogens is 2. The molecule has 2 N–H and O–H groups in total. The molecule has 2 aromatic rings. The topological polar surface area (TPSA) is 75.3 Å². The van der Waals surface area contributed by atoms with E-state index >= 15 is 0 Å². The highest BCUT2D eigenvalue weighted by molar-refractivity contribution is 7.89. The van der Waals surface area contributed by atoms with E-state index in [-0.39, 0.29) is 27.2 Å². The summed E-state index contributed by atoms with van der Waals surface area (Å²) in [4.78, 5) is 12.2. The summed E-state index contributed by atoms with van der Waals surface area (Å²) in [5.74, 6) is -1.37. The summed E-state index contributed by atoms with van der Waals surface area (Å²) >= 11 is 5.67. The molecule has 0 aliphatic heterocycles. The zero-order chi connectivity index (χ0) is 17.3. The molecule has 126 valence electrons. The number of hydrogen-bond acceptors (Lipinski definition) is 3. The van der Waals surface area contributed by atoms with Gasteiger partial charge in [0.05, 0.1) is 15.6 Å². The Hall–Kier alpha value is -1.96. The fourth-order valence-electron chi connectivity index (χ4n) is 2.09. The molecule has 5 nitrogen and oxygen atoms in total.